The Bertz CT molecular complexity index is 846. The minimum atomic E-state index is 0.933. The first kappa shape index (κ1) is 8.70. The topological polar surface area (TPSA) is 30.2 Å². The first-order chi connectivity index (χ1) is 8.43. The van der Waals surface area contributed by atoms with Crippen LogP contribution in [0.15, 0.2) is 55.0 Å². The van der Waals surface area contributed by atoms with Crippen LogP contribution in [0.1, 0.15) is 0 Å². The summed E-state index contributed by atoms with van der Waals surface area (Å²) in [4.78, 5) is 8.75. The number of nitrogens with zero attached hydrogens (tertiary/aromatic N) is 3. The molecular weight excluding hydrogens is 210 g/mol. The number of hydrogen-bond donors (Lipinski definition) is 0. The van der Waals surface area contributed by atoms with E-state index in [1.165, 1.54) is 10.9 Å². The molecule has 1 aromatic carbocycles. The maximum atomic E-state index is 4.42. The van der Waals surface area contributed by atoms with E-state index in [0.717, 1.165) is 16.6 Å². The van der Waals surface area contributed by atoms with Gasteiger partial charge in [-0.05, 0) is 18.2 Å². The highest BCUT2D eigenvalue weighted by Gasteiger charge is 2.06. The minimum absolute atomic E-state index is 0.933. The molecule has 0 N–H and O–H groups in total. The van der Waals surface area contributed by atoms with Gasteiger partial charge in [0.25, 0.3) is 0 Å². The maximum absolute atomic E-state index is 4.42. The van der Waals surface area contributed by atoms with Crippen LogP contribution < -0.4 is 0 Å². The number of fused-ring (bicyclic) bond motifs is 5. The number of hydrogen-bond acceptors (Lipinski definition) is 2. The lowest BCUT2D eigenvalue weighted by atomic mass is 10.2. The Kier molecular flexibility index (Phi) is 1.56. The van der Waals surface area contributed by atoms with E-state index in [4.69, 9.17) is 0 Å². The first-order valence-corrected chi connectivity index (χ1v) is 5.53. The van der Waals surface area contributed by atoms with Crippen LogP contribution in [0.4, 0.5) is 0 Å². The molecule has 0 radical (unpaired) electrons. The molecule has 0 aliphatic heterocycles. The maximum Gasteiger partial charge on any atom is 0.113 e. The predicted molar refractivity (Wildman–Crippen MR) is 68.0 cm³/mol. The molecule has 0 saturated heterocycles. The quantitative estimate of drug-likeness (QED) is 0.455. The van der Waals surface area contributed by atoms with Crippen LogP contribution in [0.2, 0.25) is 0 Å². The second-order valence-corrected chi connectivity index (χ2v) is 4.06. The van der Waals surface area contributed by atoms with Gasteiger partial charge in [0, 0.05) is 24.0 Å². The Morgan fingerprint density at radius 2 is 1.76 bits per heavy atom. The highest BCUT2D eigenvalue weighted by atomic mass is 14.9. The zero-order chi connectivity index (χ0) is 11.2. The molecule has 0 amide bonds. The third-order valence-electron chi connectivity index (χ3n) is 3.10. The molecule has 0 aliphatic carbocycles. The molecule has 4 rings (SSSR count). The molecule has 4 aromatic rings. The summed E-state index contributed by atoms with van der Waals surface area (Å²) in [7, 11) is 0. The van der Waals surface area contributed by atoms with Crippen LogP contribution in [-0.4, -0.2) is 14.4 Å². The number of para-hydroxylation sites is 1. The van der Waals surface area contributed by atoms with E-state index >= 15 is 0 Å². The normalized spacial score (nSPS) is 11.5. The zero-order valence-corrected chi connectivity index (χ0v) is 9.04. The fourth-order valence-corrected chi connectivity index (χ4v) is 2.33. The van der Waals surface area contributed by atoms with Crippen LogP contribution in [-0.2, 0) is 0 Å². The van der Waals surface area contributed by atoms with Crippen molar-refractivity contribution in [3.8, 4) is 0 Å². The Hall–Kier alpha value is -2.42. The molecule has 0 unspecified atom stereocenters. The fourth-order valence-electron chi connectivity index (χ4n) is 2.33. The second kappa shape index (κ2) is 3.04. The summed E-state index contributed by atoms with van der Waals surface area (Å²) >= 11 is 0. The van der Waals surface area contributed by atoms with Gasteiger partial charge in [-0.25, -0.2) is 0 Å². The van der Waals surface area contributed by atoms with Crippen molar-refractivity contribution in [1.82, 2.24) is 14.4 Å². The Labute approximate surface area is 97.4 Å². The lowest BCUT2D eigenvalue weighted by Crippen LogP contribution is -1.88. The Morgan fingerprint density at radius 3 is 2.76 bits per heavy atom. The van der Waals surface area contributed by atoms with Crippen LogP contribution in [0.5, 0.6) is 0 Å². The largest absolute Gasteiger partial charge is 0.314 e. The van der Waals surface area contributed by atoms with Crippen molar-refractivity contribution < 1.29 is 0 Å². The number of rotatable bonds is 0. The summed E-state index contributed by atoms with van der Waals surface area (Å²) in [5.74, 6) is 0. The number of aromatic nitrogens is 3. The van der Waals surface area contributed by atoms with Gasteiger partial charge >= 0.3 is 0 Å². The summed E-state index contributed by atoms with van der Waals surface area (Å²) in [5.41, 5.74) is 4.20. The Balaban J connectivity index is 2.34. The second-order valence-electron chi connectivity index (χ2n) is 4.06. The van der Waals surface area contributed by atoms with Gasteiger partial charge in [-0.15, -0.1) is 0 Å². The number of pyridine rings is 1. The van der Waals surface area contributed by atoms with E-state index in [2.05, 4.69) is 50.9 Å². The third kappa shape index (κ3) is 1.11. The predicted octanol–water partition coefficient (Wildman–Crippen LogP) is 3.04. The molecular formula is C14H9N3. The van der Waals surface area contributed by atoms with Crippen LogP contribution in [0.3, 0.4) is 0 Å². The SMILES string of the molecule is c1ccc2c(c1)cc1c3nccnc3ccn21. The lowest BCUT2D eigenvalue weighted by molar-refractivity contribution is 1.22. The average molecular weight is 219 g/mol. The van der Waals surface area contributed by atoms with Gasteiger partial charge in [0.2, 0.25) is 0 Å². The Morgan fingerprint density at radius 1 is 0.882 bits per heavy atom. The van der Waals surface area contributed by atoms with Crippen LogP contribution >= 0.6 is 0 Å². The first-order valence-electron chi connectivity index (χ1n) is 5.53. The van der Waals surface area contributed by atoms with Crippen molar-refractivity contribution in [2.24, 2.45) is 0 Å². The minimum Gasteiger partial charge on any atom is -0.314 e. The van der Waals surface area contributed by atoms with Crippen LogP contribution in [0, 0.1) is 0 Å². The van der Waals surface area contributed by atoms with Crippen molar-refractivity contribution in [2.45, 2.75) is 0 Å². The standard InChI is InChI=1S/C14H9N3/c1-2-4-12-10(3-1)9-13-14-11(5-8-17(12)13)15-6-7-16-14/h1-9H. The van der Waals surface area contributed by atoms with Gasteiger partial charge in [-0.2, -0.15) is 0 Å². The molecule has 0 atom stereocenters. The summed E-state index contributed by atoms with van der Waals surface area (Å²) in [6.45, 7) is 0. The molecule has 3 nitrogen and oxygen atoms in total. The highest BCUT2D eigenvalue weighted by molar-refractivity contribution is 5.98. The molecule has 0 saturated carbocycles. The summed E-state index contributed by atoms with van der Waals surface area (Å²) in [5, 5.41) is 1.23. The van der Waals surface area contributed by atoms with E-state index in [9.17, 15) is 0 Å². The van der Waals surface area contributed by atoms with Crippen molar-refractivity contribution >= 4 is 27.5 Å². The van der Waals surface area contributed by atoms with Gasteiger partial charge in [0.05, 0.1) is 16.6 Å². The lowest BCUT2D eigenvalue weighted by Gasteiger charge is -2.00. The molecule has 0 aliphatic rings. The molecule has 3 heterocycles. The highest BCUT2D eigenvalue weighted by Crippen LogP contribution is 2.24. The molecule has 0 spiro atoms. The molecule has 17 heavy (non-hydrogen) atoms. The van der Waals surface area contributed by atoms with Crippen molar-refractivity contribution in [3.63, 3.8) is 0 Å². The van der Waals surface area contributed by atoms with E-state index in [-0.39, 0.29) is 0 Å². The third-order valence-corrected chi connectivity index (χ3v) is 3.10. The molecule has 3 heteroatoms. The van der Waals surface area contributed by atoms with E-state index in [1.54, 1.807) is 12.4 Å². The smallest absolute Gasteiger partial charge is 0.113 e. The fraction of sp³-hybridized carbons (Fsp3) is 0. The molecule has 80 valence electrons. The van der Waals surface area contributed by atoms with Gasteiger partial charge in [-0.1, -0.05) is 18.2 Å². The monoisotopic (exact) mass is 219 g/mol. The van der Waals surface area contributed by atoms with Gasteiger partial charge < -0.3 is 4.40 Å². The summed E-state index contributed by atoms with van der Waals surface area (Å²) in [6.07, 6.45) is 5.51. The van der Waals surface area contributed by atoms with E-state index in [0.29, 0.717) is 0 Å². The van der Waals surface area contributed by atoms with Crippen LogP contribution in [0.25, 0.3) is 27.5 Å². The zero-order valence-electron chi connectivity index (χ0n) is 9.04. The van der Waals surface area contributed by atoms with E-state index < -0.39 is 0 Å². The van der Waals surface area contributed by atoms with E-state index in [1.807, 2.05) is 6.07 Å². The van der Waals surface area contributed by atoms with Gasteiger partial charge in [-0.3, -0.25) is 9.97 Å². The van der Waals surface area contributed by atoms with Gasteiger partial charge in [0.15, 0.2) is 0 Å². The molecule has 0 fully saturated rings. The van der Waals surface area contributed by atoms with Crippen molar-refractivity contribution in [1.29, 1.82) is 0 Å². The summed E-state index contributed by atoms with van der Waals surface area (Å²) < 4.78 is 2.16. The van der Waals surface area contributed by atoms with Gasteiger partial charge in [0.1, 0.15) is 5.52 Å². The van der Waals surface area contributed by atoms with Crippen molar-refractivity contribution in [3.05, 3.63) is 55.0 Å². The average Bonchev–Trinajstić information content (AvgIpc) is 2.78. The van der Waals surface area contributed by atoms with Crippen molar-refractivity contribution in [2.75, 3.05) is 0 Å². The molecule has 0 bridgehead atoms. The summed E-state index contributed by atoms with van der Waals surface area (Å²) in [6, 6.07) is 12.5. The molecule has 3 aromatic heterocycles. The number of benzene rings is 1.